The van der Waals surface area contributed by atoms with Gasteiger partial charge < -0.3 is 54.0 Å². The Morgan fingerprint density at radius 1 is 0.759 bits per heavy atom. The third-order valence-electron chi connectivity index (χ3n) is 9.30. The summed E-state index contributed by atoms with van der Waals surface area (Å²) in [5, 5.41) is 34.0. The number of nitrogens with zero attached hydrogens (tertiary/aromatic N) is 1. The number of cyclic esters (lactones) is 1. The molecule has 0 aliphatic carbocycles. The summed E-state index contributed by atoms with van der Waals surface area (Å²) in [5.41, 5.74) is -0.800. The molecule has 326 valence electrons. The molecule has 0 radical (unpaired) electrons. The summed E-state index contributed by atoms with van der Waals surface area (Å²) in [4.78, 5) is 25.6. The van der Waals surface area contributed by atoms with Crippen molar-refractivity contribution >= 4 is 11.8 Å². The van der Waals surface area contributed by atoms with E-state index in [1.54, 1.807) is 35.0 Å². The number of aliphatic hydroxyl groups excluding tert-OH is 2. The van der Waals surface area contributed by atoms with E-state index >= 15 is 0 Å². The molecule has 0 aromatic carbocycles. The lowest BCUT2D eigenvalue weighted by atomic mass is 9.82. The van der Waals surface area contributed by atoms with Crippen molar-refractivity contribution in [3.63, 3.8) is 0 Å². The van der Waals surface area contributed by atoms with E-state index in [0.717, 1.165) is 12.8 Å². The van der Waals surface area contributed by atoms with Gasteiger partial charge in [0.2, 0.25) is 0 Å². The number of nitrogens with one attached hydrogen (secondary N) is 1. The molecule has 0 aromatic rings. The highest BCUT2D eigenvalue weighted by Crippen LogP contribution is 2.28. The van der Waals surface area contributed by atoms with Crippen LogP contribution in [0.3, 0.4) is 0 Å². The highest BCUT2D eigenvalue weighted by Gasteiger charge is 2.35. The largest absolute Gasteiger partial charge is 0.463 e. The third-order valence-corrected chi connectivity index (χ3v) is 9.30. The maximum atomic E-state index is 12.1. The van der Waals surface area contributed by atoms with Crippen LogP contribution in [-0.2, 0) is 38.0 Å². The second-order valence-electron chi connectivity index (χ2n) is 14.6. The van der Waals surface area contributed by atoms with E-state index in [0.29, 0.717) is 44.4 Å². The molecule has 4 N–H and O–H groups in total. The second-order valence-corrected chi connectivity index (χ2v) is 14.6. The van der Waals surface area contributed by atoms with Gasteiger partial charge in [0.05, 0.1) is 23.7 Å². The monoisotopic (exact) mass is 783 g/mol. The Balaban J connectivity index is -0.000000729. The van der Waals surface area contributed by atoms with Crippen molar-refractivity contribution < 1.29 is 53.3 Å². The average Bonchev–Trinajstić information content (AvgIpc) is 3.15. The van der Waals surface area contributed by atoms with Crippen LogP contribution in [0.1, 0.15) is 129 Å². The van der Waals surface area contributed by atoms with Crippen LogP contribution in [0, 0.1) is 17.8 Å². The molecule has 3 fully saturated rings. The smallest absolute Gasteiger partial charge is 0.308 e. The Labute approximate surface area is 330 Å². The van der Waals surface area contributed by atoms with Crippen LogP contribution in [0.4, 0.5) is 0 Å². The number of rotatable bonds is 4. The van der Waals surface area contributed by atoms with Gasteiger partial charge in [-0.2, -0.15) is 0 Å². The molecule has 9 unspecified atom stereocenters. The number of esters is 1. The van der Waals surface area contributed by atoms with Gasteiger partial charge in [-0.25, -0.2) is 0 Å². The van der Waals surface area contributed by atoms with Gasteiger partial charge in [-0.05, 0) is 85.9 Å². The highest BCUT2D eigenvalue weighted by molar-refractivity contribution is 5.87. The summed E-state index contributed by atoms with van der Waals surface area (Å²) in [7, 11) is 8.99. The molecule has 0 saturated carbocycles. The summed E-state index contributed by atoms with van der Waals surface area (Å²) in [6, 6.07) is 0.256. The van der Waals surface area contributed by atoms with Crippen LogP contribution in [-0.4, -0.2) is 141 Å². The standard InChI is InChI=1S/C18H35NO5.C9H19NO2.C8H14O4.3C2H6/c1-11-6-13(3)17(22)24-10-15(20)16(21)14(4)19-9-12(2)8-18(5,23)7-11;1-7-5-8(10(2)3)6-9(11-4)12-7;1-5-8(9)6(10-2)4-7(11-3)12-5;3*1-2/h11-16,19-21,23H,6-10H2,1-5H3;7-9H,5-6H2,1-4H3;5-7H,4H2,1-3H3;3*1-2H3/t11-,12+,13?,14?,15?,16?,18-;;5-,6?,7?;;;/m0.0.../s1. The minimum atomic E-state index is -1.12. The second kappa shape index (κ2) is 31.8. The van der Waals surface area contributed by atoms with Crippen molar-refractivity contribution in [3.8, 4) is 0 Å². The van der Waals surface area contributed by atoms with Crippen LogP contribution in [0.15, 0.2) is 0 Å². The van der Waals surface area contributed by atoms with Crippen molar-refractivity contribution in [2.75, 3.05) is 48.6 Å². The molecule has 0 aromatic heterocycles. The first-order chi connectivity index (χ1) is 25.3. The number of methoxy groups -OCH3 is 3. The molecule has 13 atom stereocenters. The predicted octanol–water partition coefficient (Wildman–Crippen LogP) is 5.59. The quantitative estimate of drug-likeness (QED) is 0.261. The Kier molecular flexibility index (Phi) is 33.6. The lowest BCUT2D eigenvalue weighted by molar-refractivity contribution is -0.202. The van der Waals surface area contributed by atoms with Crippen LogP contribution in [0.5, 0.6) is 0 Å². The zero-order valence-corrected chi connectivity index (χ0v) is 37.6. The molecule has 3 aliphatic heterocycles. The van der Waals surface area contributed by atoms with Gasteiger partial charge in [-0.1, -0.05) is 62.3 Å². The highest BCUT2D eigenvalue weighted by atomic mass is 16.7. The molecule has 3 heterocycles. The number of ether oxygens (including phenoxy) is 6. The van der Waals surface area contributed by atoms with E-state index < -0.39 is 23.9 Å². The van der Waals surface area contributed by atoms with Crippen LogP contribution in [0.25, 0.3) is 0 Å². The van der Waals surface area contributed by atoms with E-state index in [-0.39, 0.29) is 60.8 Å². The molecule has 3 rings (SSSR count). The van der Waals surface area contributed by atoms with Crippen molar-refractivity contribution in [1.82, 2.24) is 10.2 Å². The molecule has 3 aliphatic rings. The SMILES string of the molecule is CC.CC.CC.CC1C[C@H](C)C[C@](C)(O)C[C@@H](C)CNC(C)C(O)C(O)COC1=O.COC1CC(N(C)C)CC(C)O1.COC1CC(OC)C(=O)[C@H](C)O1. The van der Waals surface area contributed by atoms with Gasteiger partial charge in [-0.15, -0.1) is 0 Å². The molecule has 0 amide bonds. The Morgan fingerprint density at radius 3 is 1.78 bits per heavy atom. The molecule has 0 spiro atoms. The fraction of sp³-hybridized carbons (Fsp3) is 0.951. The normalized spacial score (nSPS) is 36.5. The van der Waals surface area contributed by atoms with Crippen molar-refractivity contribution in [3.05, 3.63) is 0 Å². The van der Waals surface area contributed by atoms with Crippen molar-refractivity contribution in [2.24, 2.45) is 17.8 Å². The molecule has 0 bridgehead atoms. The molecule has 13 heteroatoms. The average molecular weight is 783 g/mol. The summed E-state index contributed by atoms with van der Waals surface area (Å²) >= 11 is 0. The van der Waals surface area contributed by atoms with Gasteiger partial charge in [0, 0.05) is 46.3 Å². The van der Waals surface area contributed by atoms with Crippen LogP contribution in [0.2, 0.25) is 0 Å². The van der Waals surface area contributed by atoms with E-state index in [1.807, 2.05) is 55.4 Å². The summed E-state index contributed by atoms with van der Waals surface area (Å²) in [5.74, 6) is -0.290. The number of carbonyl (C=O) groups is 2. The first kappa shape index (κ1) is 57.1. The maximum absolute atomic E-state index is 12.1. The number of hydrogen-bond acceptors (Lipinski definition) is 13. The van der Waals surface area contributed by atoms with Gasteiger partial charge in [0.1, 0.15) is 24.9 Å². The number of ketones is 1. The molecule has 13 nitrogen and oxygen atoms in total. The molecule has 54 heavy (non-hydrogen) atoms. The van der Waals surface area contributed by atoms with Crippen LogP contribution < -0.4 is 5.32 Å². The van der Waals surface area contributed by atoms with Gasteiger partial charge >= 0.3 is 5.97 Å². The van der Waals surface area contributed by atoms with Crippen molar-refractivity contribution in [2.45, 2.75) is 189 Å². The zero-order valence-electron chi connectivity index (χ0n) is 37.6. The lowest BCUT2D eigenvalue weighted by Crippen LogP contribution is -2.47. The number of hydrogen-bond donors (Lipinski definition) is 4. The lowest BCUT2D eigenvalue weighted by Gasteiger charge is -2.36. The number of aliphatic hydroxyl groups is 3. The Morgan fingerprint density at radius 2 is 1.28 bits per heavy atom. The van der Waals surface area contributed by atoms with Crippen LogP contribution >= 0.6 is 0 Å². The predicted molar refractivity (Wildman–Crippen MR) is 216 cm³/mol. The minimum absolute atomic E-state index is 0.00852. The van der Waals surface area contributed by atoms with E-state index in [4.69, 9.17) is 28.4 Å². The molecular weight excluding hydrogens is 696 g/mol. The van der Waals surface area contributed by atoms with E-state index in [9.17, 15) is 24.9 Å². The first-order valence-electron chi connectivity index (χ1n) is 20.4. The Hall–Kier alpha value is -1.26. The number of Topliss-reactive ketones (excluding diaryl/α,β-unsaturated/α-hetero) is 1. The summed E-state index contributed by atoms with van der Waals surface area (Å²) in [6.45, 7) is 25.7. The molecule has 3 saturated heterocycles. The van der Waals surface area contributed by atoms with Gasteiger partial charge in [0.15, 0.2) is 18.4 Å². The minimum Gasteiger partial charge on any atom is -0.463 e. The summed E-state index contributed by atoms with van der Waals surface area (Å²) in [6.07, 6.45) is 1.49. The first-order valence-corrected chi connectivity index (χ1v) is 20.4. The number of carbonyl (C=O) groups excluding carboxylic acids is 2. The zero-order chi connectivity index (χ0) is 42.8. The third kappa shape index (κ3) is 23.7. The summed E-state index contributed by atoms with van der Waals surface area (Å²) < 4.78 is 31.1. The van der Waals surface area contributed by atoms with E-state index in [2.05, 4.69) is 38.2 Å². The molecular formula is C41H86N2O11. The van der Waals surface area contributed by atoms with Gasteiger partial charge in [-0.3, -0.25) is 9.59 Å². The maximum Gasteiger partial charge on any atom is 0.308 e. The Bertz CT molecular complexity index is 926. The fourth-order valence-electron chi connectivity index (χ4n) is 6.60. The fourth-order valence-corrected chi connectivity index (χ4v) is 6.60. The van der Waals surface area contributed by atoms with Gasteiger partial charge in [0.25, 0.3) is 0 Å². The van der Waals surface area contributed by atoms with E-state index in [1.165, 1.54) is 7.11 Å². The topological polar surface area (TPSA) is 165 Å². The van der Waals surface area contributed by atoms with Crippen molar-refractivity contribution in [1.29, 1.82) is 0 Å².